The van der Waals surface area contributed by atoms with E-state index in [1.165, 1.54) is 13.4 Å². The summed E-state index contributed by atoms with van der Waals surface area (Å²) in [6.07, 6.45) is 4.12. The number of benzene rings is 1. The Hall–Kier alpha value is -2.38. The first-order chi connectivity index (χ1) is 12.6. The molecule has 3 rings (SSSR count). The summed E-state index contributed by atoms with van der Waals surface area (Å²) in [4.78, 5) is 19.1. The van der Waals surface area contributed by atoms with E-state index in [4.69, 9.17) is 21.1 Å². The molecule has 2 heterocycles. The monoisotopic (exact) mass is 377 g/mol. The Morgan fingerprint density at radius 2 is 2.12 bits per heavy atom. The van der Waals surface area contributed by atoms with Gasteiger partial charge in [0.15, 0.2) is 17.3 Å². The van der Waals surface area contributed by atoms with Crippen LogP contribution in [0.5, 0.6) is 5.75 Å². The molecule has 1 aliphatic heterocycles. The lowest BCUT2D eigenvalue weighted by Gasteiger charge is -2.30. The first-order valence-corrected chi connectivity index (χ1v) is 8.73. The van der Waals surface area contributed by atoms with E-state index in [9.17, 15) is 9.90 Å². The smallest absolute Gasteiger partial charge is 0.358 e. The van der Waals surface area contributed by atoms with E-state index in [-0.39, 0.29) is 23.7 Å². The minimum atomic E-state index is -1.16. The largest absolute Gasteiger partial charge is 0.491 e. The maximum Gasteiger partial charge on any atom is 0.358 e. The molecular formula is C18H20ClN3O4. The average molecular weight is 378 g/mol. The van der Waals surface area contributed by atoms with Crippen LogP contribution in [0, 0.1) is 0 Å². The Balaban J connectivity index is 1.65. The number of hydrogen-bond donors (Lipinski definition) is 2. The van der Waals surface area contributed by atoms with Crippen molar-refractivity contribution in [3.63, 3.8) is 0 Å². The van der Waals surface area contributed by atoms with Gasteiger partial charge in [0.2, 0.25) is 0 Å². The Morgan fingerprint density at radius 3 is 2.81 bits per heavy atom. The van der Waals surface area contributed by atoms with Gasteiger partial charge in [-0.05, 0) is 37.0 Å². The lowest BCUT2D eigenvalue weighted by Crippen LogP contribution is -2.29. The van der Waals surface area contributed by atoms with E-state index < -0.39 is 5.97 Å². The van der Waals surface area contributed by atoms with Crippen molar-refractivity contribution >= 4 is 23.4 Å². The number of carbonyl (C=O) groups is 1. The van der Waals surface area contributed by atoms with E-state index >= 15 is 0 Å². The summed E-state index contributed by atoms with van der Waals surface area (Å²) in [7, 11) is 1.39. The molecule has 0 aliphatic carbocycles. The van der Waals surface area contributed by atoms with Crippen LogP contribution >= 0.6 is 11.6 Å². The number of hydrogen-bond acceptors (Lipinski definition) is 6. The number of nitrogens with one attached hydrogen (secondary N) is 1. The number of rotatable bonds is 6. The molecule has 1 fully saturated rings. The predicted octanol–water partition coefficient (Wildman–Crippen LogP) is 3.56. The summed E-state index contributed by atoms with van der Waals surface area (Å²) in [5.41, 5.74) is 0.931. The summed E-state index contributed by atoms with van der Waals surface area (Å²) in [5, 5.41) is 13.0. The molecule has 138 valence electrons. The van der Waals surface area contributed by atoms with E-state index in [1.54, 1.807) is 0 Å². The van der Waals surface area contributed by atoms with Crippen molar-refractivity contribution < 1.29 is 19.4 Å². The number of carboxylic acids is 1. The molecule has 1 aromatic carbocycles. The molecule has 1 aromatic heterocycles. The van der Waals surface area contributed by atoms with Crippen molar-refractivity contribution in [2.24, 2.45) is 0 Å². The third-order valence-electron chi connectivity index (χ3n) is 4.30. The first kappa shape index (κ1) is 18.4. The van der Waals surface area contributed by atoms with Crippen molar-refractivity contribution in [1.82, 2.24) is 9.97 Å². The van der Waals surface area contributed by atoms with E-state index in [0.29, 0.717) is 17.4 Å². The second-order valence-corrected chi connectivity index (χ2v) is 6.46. The SMILES string of the molecule is COc1c(NC[C@H]2CCC[C@@H](c3ccc(Cl)cc3)O2)ncnc1C(=O)O. The standard InChI is InChI=1S/C18H20ClN3O4/c1-25-16-15(18(23)24)21-10-22-17(16)20-9-13-3-2-4-14(26-13)11-5-7-12(19)8-6-11/h5-8,10,13-14H,2-4,9H2,1H3,(H,23,24)(H,20,21,22)/t13-,14+/m1/s1. The third-order valence-corrected chi connectivity index (χ3v) is 4.55. The van der Waals surface area contributed by atoms with Gasteiger partial charge < -0.3 is 19.9 Å². The van der Waals surface area contributed by atoms with E-state index in [1.807, 2.05) is 24.3 Å². The molecular weight excluding hydrogens is 358 g/mol. The van der Waals surface area contributed by atoms with Gasteiger partial charge in [0.25, 0.3) is 0 Å². The molecule has 2 atom stereocenters. The van der Waals surface area contributed by atoms with Crippen LogP contribution in [-0.4, -0.2) is 40.8 Å². The highest BCUT2D eigenvalue weighted by Gasteiger charge is 2.25. The number of aromatic carboxylic acids is 1. The number of halogens is 1. The van der Waals surface area contributed by atoms with Crippen molar-refractivity contribution in [2.75, 3.05) is 19.0 Å². The van der Waals surface area contributed by atoms with Gasteiger partial charge in [-0.3, -0.25) is 0 Å². The summed E-state index contributed by atoms with van der Waals surface area (Å²) >= 11 is 5.94. The number of methoxy groups -OCH3 is 1. The Morgan fingerprint density at radius 1 is 1.35 bits per heavy atom. The molecule has 2 aromatic rings. The minimum absolute atomic E-state index is 0.0163. The van der Waals surface area contributed by atoms with Crippen molar-refractivity contribution in [3.8, 4) is 5.75 Å². The van der Waals surface area contributed by atoms with Gasteiger partial charge >= 0.3 is 5.97 Å². The van der Waals surface area contributed by atoms with Gasteiger partial charge in [-0.1, -0.05) is 23.7 Å². The van der Waals surface area contributed by atoms with Crippen molar-refractivity contribution in [2.45, 2.75) is 31.5 Å². The van der Waals surface area contributed by atoms with Crippen LogP contribution < -0.4 is 10.1 Å². The van der Waals surface area contributed by atoms with Gasteiger partial charge in [0.05, 0.1) is 19.3 Å². The third kappa shape index (κ3) is 4.23. The zero-order chi connectivity index (χ0) is 18.5. The second-order valence-electron chi connectivity index (χ2n) is 6.02. The number of ether oxygens (including phenoxy) is 2. The number of anilines is 1. The van der Waals surface area contributed by atoms with Crippen LogP contribution in [0.3, 0.4) is 0 Å². The molecule has 0 bridgehead atoms. The molecule has 2 N–H and O–H groups in total. The molecule has 8 heteroatoms. The quantitative estimate of drug-likeness (QED) is 0.794. The van der Waals surface area contributed by atoms with Gasteiger partial charge in [-0.25, -0.2) is 14.8 Å². The fraction of sp³-hybridized carbons (Fsp3) is 0.389. The number of aromatic nitrogens is 2. The fourth-order valence-corrected chi connectivity index (χ4v) is 3.15. The van der Waals surface area contributed by atoms with Crippen LogP contribution in [0.25, 0.3) is 0 Å². The maximum atomic E-state index is 11.2. The average Bonchev–Trinajstić information content (AvgIpc) is 2.66. The predicted molar refractivity (Wildman–Crippen MR) is 97.0 cm³/mol. The summed E-state index contributed by atoms with van der Waals surface area (Å²) < 4.78 is 11.3. The fourth-order valence-electron chi connectivity index (χ4n) is 3.03. The van der Waals surface area contributed by atoms with E-state index in [2.05, 4.69) is 15.3 Å². The van der Waals surface area contributed by atoms with Crippen molar-refractivity contribution in [3.05, 3.63) is 46.9 Å². The summed E-state index contributed by atoms with van der Waals surface area (Å²) in [6.45, 7) is 0.497. The van der Waals surface area contributed by atoms with Crippen LogP contribution in [0.1, 0.15) is 41.4 Å². The van der Waals surface area contributed by atoms with E-state index in [0.717, 1.165) is 24.8 Å². The minimum Gasteiger partial charge on any atom is -0.491 e. The highest BCUT2D eigenvalue weighted by Crippen LogP contribution is 2.32. The molecule has 1 saturated heterocycles. The molecule has 1 aliphatic rings. The Kier molecular flexibility index (Phi) is 5.90. The van der Waals surface area contributed by atoms with Gasteiger partial charge in [0, 0.05) is 11.6 Å². The second kappa shape index (κ2) is 8.33. The van der Waals surface area contributed by atoms with Crippen LogP contribution in [0.4, 0.5) is 5.82 Å². The van der Waals surface area contributed by atoms with Crippen LogP contribution in [0.2, 0.25) is 5.02 Å². The normalized spacial score (nSPS) is 19.8. The lowest BCUT2D eigenvalue weighted by molar-refractivity contribution is -0.0442. The molecule has 0 unspecified atom stereocenters. The maximum absolute atomic E-state index is 11.2. The highest BCUT2D eigenvalue weighted by molar-refractivity contribution is 6.30. The Labute approximate surface area is 156 Å². The molecule has 0 amide bonds. The van der Waals surface area contributed by atoms with Crippen LogP contribution in [0.15, 0.2) is 30.6 Å². The highest BCUT2D eigenvalue weighted by atomic mass is 35.5. The van der Waals surface area contributed by atoms with Gasteiger partial charge in [-0.2, -0.15) is 0 Å². The molecule has 0 spiro atoms. The zero-order valence-electron chi connectivity index (χ0n) is 14.3. The molecule has 0 radical (unpaired) electrons. The van der Waals surface area contributed by atoms with Crippen molar-refractivity contribution in [1.29, 1.82) is 0 Å². The lowest BCUT2D eigenvalue weighted by atomic mass is 9.98. The Bertz CT molecular complexity index is 770. The first-order valence-electron chi connectivity index (χ1n) is 8.35. The molecule has 0 saturated carbocycles. The number of nitrogens with zero attached hydrogens (tertiary/aromatic N) is 2. The number of carboxylic acid groups (broad SMARTS) is 1. The molecule has 26 heavy (non-hydrogen) atoms. The summed E-state index contributed by atoms with van der Waals surface area (Å²) in [5.74, 6) is -0.703. The summed E-state index contributed by atoms with van der Waals surface area (Å²) in [6, 6.07) is 7.69. The van der Waals surface area contributed by atoms with Crippen LogP contribution in [-0.2, 0) is 4.74 Å². The topological polar surface area (TPSA) is 93.6 Å². The van der Waals surface area contributed by atoms with Gasteiger partial charge in [0.1, 0.15) is 6.33 Å². The zero-order valence-corrected chi connectivity index (χ0v) is 15.1. The van der Waals surface area contributed by atoms with Gasteiger partial charge in [-0.15, -0.1) is 0 Å². The molecule has 7 nitrogen and oxygen atoms in total.